The van der Waals surface area contributed by atoms with Crippen molar-refractivity contribution in [1.29, 1.82) is 0 Å². The zero-order valence-corrected chi connectivity index (χ0v) is 22.5. The van der Waals surface area contributed by atoms with Gasteiger partial charge in [0, 0.05) is 6.42 Å². The molecule has 0 aliphatic heterocycles. The van der Waals surface area contributed by atoms with Crippen molar-refractivity contribution in [2.24, 2.45) is 46.3 Å². The largest absolute Gasteiger partial charge is 0.481 e. The van der Waals surface area contributed by atoms with Gasteiger partial charge in [-0.25, -0.2) is 0 Å². The van der Waals surface area contributed by atoms with Crippen molar-refractivity contribution in [3.8, 4) is 0 Å². The van der Waals surface area contributed by atoms with Crippen LogP contribution in [0.25, 0.3) is 0 Å². The highest BCUT2D eigenvalue weighted by atomic mass is 16.5. The van der Waals surface area contributed by atoms with Crippen LogP contribution in [0.2, 0.25) is 0 Å². The normalized spacial score (nSPS) is 42.4. The van der Waals surface area contributed by atoms with Crippen molar-refractivity contribution in [2.45, 2.75) is 110 Å². The fourth-order valence-electron chi connectivity index (χ4n) is 9.35. The Balaban J connectivity index is 1.42. The van der Waals surface area contributed by atoms with E-state index in [1.807, 2.05) is 0 Å². The first-order chi connectivity index (χ1) is 17.0. The molecule has 0 aromatic carbocycles. The summed E-state index contributed by atoms with van der Waals surface area (Å²) in [7, 11) is 1.44. The Hall–Kier alpha value is -1.63. The number of carbonyl (C=O) groups is 3. The van der Waals surface area contributed by atoms with E-state index in [4.69, 9.17) is 14.6 Å². The summed E-state index contributed by atoms with van der Waals surface area (Å²) in [6, 6.07) is 0. The van der Waals surface area contributed by atoms with E-state index < -0.39 is 11.9 Å². The summed E-state index contributed by atoms with van der Waals surface area (Å²) in [5, 5.41) is 20.5. The zero-order chi connectivity index (χ0) is 26.3. The van der Waals surface area contributed by atoms with Crippen LogP contribution in [-0.2, 0) is 23.9 Å². The summed E-state index contributed by atoms with van der Waals surface area (Å²) in [4.78, 5) is 34.6. The molecule has 0 aromatic rings. The third-order valence-electron chi connectivity index (χ3n) is 11.4. The topological polar surface area (TPSA) is 110 Å². The minimum absolute atomic E-state index is 0.0653. The van der Waals surface area contributed by atoms with Gasteiger partial charge in [-0.2, -0.15) is 0 Å². The average molecular weight is 507 g/mol. The average Bonchev–Trinajstić information content (AvgIpc) is 3.20. The van der Waals surface area contributed by atoms with Crippen LogP contribution < -0.4 is 0 Å². The number of rotatable bonds is 8. The molecule has 10 atom stereocenters. The van der Waals surface area contributed by atoms with Crippen molar-refractivity contribution < 1.29 is 34.1 Å². The second-order valence-electron chi connectivity index (χ2n) is 12.8. The van der Waals surface area contributed by atoms with Gasteiger partial charge in [-0.05, 0) is 104 Å². The van der Waals surface area contributed by atoms with Gasteiger partial charge >= 0.3 is 17.9 Å². The van der Waals surface area contributed by atoms with E-state index in [1.54, 1.807) is 0 Å². The lowest BCUT2D eigenvalue weighted by Crippen LogP contribution is -2.59. The molecule has 4 fully saturated rings. The Morgan fingerprint density at radius 1 is 0.944 bits per heavy atom. The third kappa shape index (κ3) is 4.93. The maximum Gasteiger partial charge on any atom is 0.306 e. The summed E-state index contributed by atoms with van der Waals surface area (Å²) < 4.78 is 10.5. The number of esters is 2. The Morgan fingerprint density at radius 2 is 1.69 bits per heavy atom. The van der Waals surface area contributed by atoms with Gasteiger partial charge < -0.3 is 19.7 Å². The first-order valence-electron chi connectivity index (χ1n) is 14.2. The Kier molecular flexibility index (Phi) is 8.09. The molecular formula is C29H46O7. The Bertz CT molecular complexity index is 841. The van der Waals surface area contributed by atoms with Gasteiger partial charge in [0.1, 0.15) is 6.10 Å². The van der Waals surface area contributed by atoms with Gasteiger partial charge in [0.2, 0.25) is 0 Å². The molecule has 4 aliphatic carbocycles. The van der Waals surface area contributed by atoms with Crippen LogP contribution in [-0.4, -0.2) is 47.4 Å². The predicted octanol–water partition coefficient (Wildman–Crippen LogP) is 4.98. The third-order valence-corrected chi connectivity index (χ3v) is 11.4. The van der Waals surface area contributed by atoms with Gasteiger partial charge in [-0.15, -0.1) is 0 Å². The predicted molar refractivity (Wildman–Crippen MR) is 134 cm³/mol. The van der Waals surface area contributed by atoms with Crippen LogP contribution in [0.1, 0.15) is 97.8 Å². The monoisotopic (exact) mass is 506 g/mol. The standard InChI is InChI=1S/C29H46O7/c1-17(5-11-26(33)35-4)21-8-9-22-20-7-6-18-15-19(36-27(34)12-10-25(31)32)13-14-28(18,2)23(20)16-24(30)29(21,22)3/h17-24,30H,5-16H2,1-4H3,(H,31,32)/t17-,18-,19-,20+,21+,22-,23-,24+,28+,29-/m1/s1. The molecule has 0 unspecified atom stereocenters. The summed E-state index contributed by atoms with van der Waals surface area (Å²) in [5.41, 5.74) is 0.0422. The maximum atomic E-state index is 12.1. The molecule has 36 heavy (non-hydrogen) atoms. The fourth-order valence-corrected chi connectivity index (χ4v) is 9.35. The first-order valence-corrected chi connectivity index (χ1v) is 14.2. The lowest BCUT2D eigenvalue weighted by molar-refractivity contribution is -0.182. The molecule has 4 aliphatic rings. The van der Waals surface area contributed by atoms with Crippen LogP contribution in [0.15, 0.2) is 0 Å². The number of fused-ring (bicyclic) bond motifs is 5. The summed E-state index contributed by atoms with van der Waals surface area (Å²) in [6.07, 6.45) is 8.64. The number of ether oxygens (including phenoxy) is 2. The summed E-state index contributed by atoms with van der Waals surface area (Å²) in [6.45, 7) is 6.99. The number of hydrogen-bond donors (Lipinski definition) is 2. The first kappa shape index (κ1) is 27.4. The van der Waals surface area contributed by atoms with Crippen LogP contribution in [0.5, 0.6) is 0 Å². The smallest absolute Gasteiger partial charge is 0.306 e. The SMILES string of the molecule is COC(=O)CC[C@@H](C)[C@@H]1CC[C@@H]2[C@@H]3CC[C@@H]4C[C@H](OC(=O)CCC(=O)O)CC[C@]4(C)[C@@H]3C[C@H](O)[C@@]21C. The molecule has 0 heterocycles. The maximum absolute atomic E-state index is 12.1. The van der Waals surface area contributed by atoms with Crippen molar-refractivity contribution in [3.05, 3.63) is 0 Å². The molecule has 4 saturated carbocycles. The highest BCUT2D eigenvalue weighted by Gasteiger charge is 2.63. The van der Waals surface area contributed by atoms with Crippen LogP contribution in [0.3, 0.4) is 0 Å². The van der Waals surface area contributed by atoms with Gasteiger partial charge in [-0.3, -0.25) is 14.4 Å². The molecular weight excluding hydrogens is 460 g/mol. The molecule has 0 aromatic heterocycles. The van der Waals surface area contributed by atoms with E-state index in [1.165, 1.54) is 13.5 Å². The van der Waals surface area contributed by atoms with Gasteiger partial charge in [0.15, 0.2) is 0 Å². The van der Waals surface area contributed by atoms with Crippen molar-refractivity contribution >= 4 is 17.9 Å². The summed E-state index contributed by atoms with van der Waals surface area (Å²) in [5.74, 6) is 1.36. The number of carbonyl (C=O) groups excluding carboxylic acids is 2. The van der Waals surface area contributed by atoms with Gasteiger partial charge in [0.25, 0.3) is 0 Å². The Labute approximate surface area is 215 Å². The minimum Gasteiger partial charge on any atom is -0.481 e. The van der Waals surface area contributed by atoms with Gasteiger partial charge in [-0.1, -0.05) is 20.8 Å². The van der Waals surface area contributed by atoms with Crippen LogP contribution in [0, 0.1) is 46.3 Å². The number of aliphatic carboxylic acids is 1. The van der Waals surface area contributed by atoms with Crippen molar-refractivity contribution in [1.82, 2.24) is 0 Å². The Morgan fingerprint density at radius 3 is 2.39 bits per heavy atom. The second-order valence-corrected chi connectivity index (χ2v) is 12.8. The number of aliphatic hydroxyl groups is 1. The molecule has 0 amide bonds. The number of methoxy groups -OCH3 is 1. The van der Waals surface area contributed by atoms with E-state index in [0.717, 1.165) is 51.4 Å². The molecule has 204 valence electrons. The van der Waals surface area contributed by atoms with Crippen LogP contribution >= 0.6 is 0 Å². The highest BCUT2D eigenvalue weighted by molar-refractivity contribution is 5.76. The van der Waals surface area contributed by atoms with Crippen molar-refractivity contribution in [2.75, 3.05) is 7.11 Å². The summed E-state index contributed by atoms with van der Waals surface area (Å²) >= 11 is 0. The zero-order valence-electron chi connectivity index (χ0n) is 22.5. The molecule has 2 N–H and O–H groups in total. The van der Waals surface area contributed by atoms with E-state index >= 15 is 0 Å². The van der Waals surface area contributed by atoms with E-state index in [0.29, 0.717) is 41.9 Å². The molecule has 0 radical (unpaired) electrons. The number of aliphatic hydroxyl groups excluding tert-OH is 1. The molecule has 0 spiro atoms. The minimum atomic E-state index is -0.976. The van der Waals surface area contributed by atoms with E-state index in [9.17, 15) is 19.5 Å². The van der Waals surface area contributed by atoms with E-state index in [-0.39, 0.29) is 41.8 Å². The molecule has 0 bridgehead atoms. The number of hydrogen-bond acceptors (Lipinski definition) is 6. The number of carboxylic acids is 1. The molecule has 7 heteroatoms. The highest BCUT2D eigenvalue weighted by Crippen LogP contribution is 2.68. The van der Waals surface area contributed by atoms with Crippen LogP contribution in [0.4, 0.5) is 0 Å². The number of carboxylic acid groups (broad SMARTS) is 1. The molecule has 4 rings (SSSR count). The lowest BCUT2D eigenvalue weighted by atomic mass is 9.43. The second kappa shape index (κ2) is 10.6. The van der Waals surface area contributed by atoms with Crippen molar-refractivity contribution in [3.63, 3.8) is 0 Å². The van der Waals surface area contributed by atoms with Gasteiger partial charge in [0.05, 0.1) is 26.1 Å². The fraction of sp³-hybridized carbons (Fsp3) is 0.897. The quantitative estimate of drug-likeness (QED) is 0.447. The molecule has 0 saturated heterocycles. The van der Waals surface area contributed by atoms with E-state index in [2.05, 4.69) is 20.8 Å². The lowest BCUT2D eigenvalue weighted by Gasteiger charge is -2.62. The molecule has 7 nitrogen and oxygen atoms in total.